The van der Waals surface area contributed by atoms with Crippen LogP contribution < -0.4 is 5.32 Å². The highest BCUT2D eigenvalue weighted by Gasteiger charge is 2.22. The minimum absolute atomic E-state index is 0.0167. The van der Waals surface area contributed by atoms with E-state index in [9.17, 15) is 9.59 Å². The minimum atomic E-state index is -0.875. The lowest BCUT2D eigenvalue weighted by Crippen LogP contribution is -2.43. The lowest BCUT2D eigenvalue weighted by atomic mass is 9.98. The van der Waals surface area contributed by atoms with Crippen molar-refractivity contribution in [1.82, 2.24) is 5.32 Å². The van der Waals surface area contributed by atoms with Gasteiger partial charge in [-0.3, -0.25) is 9.59 Å². The molecular weight excluding hydrogens is 254 g/mol. The SMILES string of the molecule is CC(C)(CCC(=O)O)NC(=O)c1cccc(Cl)c1. The van der Waals surface area contributed by atoms with Crippen molar-refractivity contribution in [3.8, 4) is 0 Å². The Balaban J connectivity index is 2.66. The van der Waals surface area contributed by atoms with Crippen LogP contribution in [-0.2, 0) is 4.79 Å². The monoisotopic (exact) mass is 269 g/mol. The third kappa shape index (κ3) is 4.75. The molecule has 0 spiro atoms. The Hall–Kier alpha value is -1.55. The van der Waals surface area contributed by atoms with E-state index in [1.165, 1.54) is 0 Å². The quantitative estimate of drug-likeness (QED) is 0.864. The first kappa shape index (κ1) is 14.5. The van der Waals surface area contributed by atoms with E-state index in [-0.39, 0.29) is 12.3 Å². The van der Waals surface area contributed by atoms with Crippen molar-refractivity contribution in [2.75, 3.05) is 0 Å². The molecule has 0 atom stereocenters. The molecular formula is C13H16ClNO3. The van der Waals surface area contributed by atoms with Gasteiger partial charge in [0.15, 0.2) is 0 Å². The van der Waals surface area contributed by atoms with Gasteiger partial charge in [0, 0.05) is 22.5 Å². The molecule has 0 aliphatic rings. The molecule has 0 aliphatic carbocycles. The number of rotatable bonds is 5. The summed E-state index contributed by atoms with van der Waals surface area (Å²) in [7, 11) is 0. The van der Waals surface area contributed by atoms with E-state index in [1.807, 2.05) is 0 Å². The molecule has 0 saturated heterocycles. The molecule has 0 bridgehead atoms. The summed E-state index contributed by atoms with van der Waals surface area (Å²) in [5, 5.41) is 11.9. The second-order valence-electron chi connectivity index (χ2n) is 4.74. The zero-order valence-electron chi connectivity index (χ0n) is 10.4. The Labute approximate surface area is 111 Å². The van der Waals surface area contributed by atoms with Crippen molar-refractivity contribution in [3.05, 3.63) is 34.9 Å². The lowest BCUT2D eigenvalue weighted by molar-refractivity contribution is -0.137. The van der Waals surface area contributed by atoms with E-state index in [2.05, 4.69) is 5.32 Å². The topological polar surface area (TPSA) is 66.4 Å². The van der Waals surface area contributed by atoms with E-state index in [4.69, 9.17) is 16.7 Å². The van der Waals surface area contributed by atoms with Gasteiger partial charge in [-0.05, 0) is 38.5 Å². The molecule has 98 valence electrons. The largest absolute Gasteiger partial charge is 0.481 e. The molecule has 0 unspecified atom stereocenters. The summed E-state index contributed by atoms with van der Waals surface area (Å²) in [5.74, 6) is -1.13. The fourth-order valence-electron chi connectivity index (χ4n) is 1.49. The number of halogens is 1. The molecule has 1 aromatic rings. The molecule has 0 saturated carbocycles. The number of hydrogen-bond donors (Lipinski definition) is 2. The molecule has 5 heteroatoms. The predicted molar refractivity (Wildman–Crippen MR) is 69.9 cm³/mol. The minimum Gasteiger partial charge on any atom is -0.481 e. The normalized spacial score (nSPS) is 11.1. The maximum Gasteiger partial charge on any atom is 0.303 e. The Bertz CT molecular complexity index is 457. The van der Waals surface area contributed by atoms with Crippen LogP contribution in [0.4, 0.5) is 0 Å². The fraction of sp³-hybridized carbons (Fsp3) is 0.385. The third-order valence-corrected chi connectivity index (χ3v) is 2.74. The highest BCUT2D eigenvalue weighted by Crippen LogP contribution is 2.15. The predicted octanol–water partition coefficient (Wildman–Crippen LogP) is 2.71. The fourth-order valence-corrected chi connectivity index (χ4v) is 1.68. The Morgan fingerprint density at radius 3 is 2.61 bits per heavy atom. The Kier molecular flexibility index (Phi) is 4.73. The van der Waals surface area contributed by atoms with Gasteiger partial charge >= 0.3 is 5.97 Å². The lowest BCUT2D eigenvalue weighted by Gasteiger charge is -2.25. The van der Waals surface area contributed by atoms with E-state index in [0.717, 1.165) is 0 Å². The molecule has 0 aliphatic heterocycles. The summed E-state index contributed by atoms with van der Waals surface area (Å²) < 4.78 is 0. The highest BCUT2D eigenvalue weighted by molar-refractivity contribution is 6.30. The van der Waals surface area contributed by atoms with Crippen LogP contribution in [-0.4, -0.2) is 22.5 Å². The van der Waals surface area contributed by atoms with Crippen LogP contribution in [0.3, 0.4) is 0 Å². The average Bonchev–Trinajstić information content (AvgIpc) is 2.26. The molecule has 4 nitrogen and oxygen atoms in total. The molecule has 0 aromatic heterocycles. The number of carbonyl (C=O) groups is 2. The summed E-state index contributed by atoms with van der Waals surface area (Å²) >= 11 is 5.81. The number of aliphatic carboxylic acids is 1. The Morgan fingerprint density at radius 1 is 1.39 bits per heavy atom. The molecule has 1 aromatic carbocycles. The summed E-state index contributed by atoms with van der Waals surface area (Å²) in [6, 6.07) is 6.62. The number of hydrogen-bond acceptors (Lipinski definition) is 2. The van der Waals surface area contributed by atoms with Gasteiger partial charge in [0.2, 0.25) is 0 Å². The standard InChI is InChI=1S/C13H16ClNO3/c1-13(2,7-6-11(16)17)15-12(18)9-4-3-5-10(14)8-9/h3-5,8H,6-7H2,1-2H3,(H,15,18)(H,16,17). The first-order chi connectivity index (χ1) is 8.30. The van der Waals surface area contributed by atoms with Crippen LogP contribution in [0.2, 0.25) is 5.02 Å². The number of amides is 1. The van der Waals surface area contributed by atoms with Gasteiger partial charge in [-0.2, -0.15) is 0 Å². The number of carbonyl (C=O) groups excluding carboxylic acids is 1. The van der Waals surface area contributed by atoms with Gasteiger partial charge in [-0.15, -0.1) is 0 Å². The van der Waals surface area contributed by atoms with Crippen molar-refractivity contribution >= 4 is 23.5 Å². The van der Waals surface area contributed by atoms with Crippen molar-refractivity contribution in [1.29, 1.82) is 0 Å². The number of carboxylic acid groups (broad SMARTS) is 1. The van der Waals surface area contributed by atoms with Crippen molar-refractivity contribution in [2.24, 2.45) is 0 Å². The van der Waals surface area contributed by atoms with Crippen molar-refractivity contribution in [3.63, 3.8) is 0 Å². The van der Waals surface area contributed by atoms with Crippen molar-refractivity contribution < 1.29 is 14.7 Å². The second kappa shape index (κ2) is 5.87. The Morgan fingerprint density at radius 2 is 2.06 bits per heavy atom. The summed E-state index contributed by atoms with van der Waals surface area (Å²) in [4.78, 5) is 22.5. The third-order valence-electron chi connectivity index (χ3n) is 2.50. The first-order valence-electron chi connectivity index (χ1n) is 5.60. The van der Waals surface area contributed by atoms with Gasteiger partial charge in [0.05, 0.1) is 0 Å². The maximum absolute atomic E-state index is 11.9. The molecule has 0 heterocycles. The van der Waals surface area contributed by atoms with Gasteiger partial charge in [-0.25, -0.2) is 0 Å². The summed E-state index contributed by atoms with van der Waals surface area (Å²) in [6.45, 7) is 3.58. The van der Waals surface area contributed by atoms with Gasteiger partial charge in [0.25, 0.3) is 5.91 Å². The molecule has 1 rings (SSSR count). The zero-order valence-corrected chi connectivity index (χ0v) is 11.1. The summed E-state index contributed by atoms with van der Waals surface area (Å²) in [5.41, 5.74) is -0.108. The highest BCUT2D eigenvalue weighted by atomic mass is 35.5. The maximum atomic E-state index is 11.9. The summed E-state index contributed by atoms with van der Waals surface area (Å²) in [6.07, 6.45) is 0.386. The molecule has 18 heavy (non-hydrogen) atoms. The number of nitrogens with one attached hydrogen (secondary N) is 1. The molecule has 1 amide bonds. The van der Waals surface area contributed by atoms with E-state index in [1.54, 1.807) is 38.1 Å². The van der Waals surface area contributed by atoms with E-state index < -0.39 is 11.5 Å². The van der Waals surface area contributed by atoms with Gasteiger partial charge in [0.1, 0.15) is 0 Å². The number of benzene rings is 1. The first-order valence-corrected chi connectivity index (χ1v) is 5.98. The van der Waals surface area contributed by atoms with Crippen LogP contribution in [0.15, 0.2) is 24.3 Å². The van der Waals surface area contributed by atoms with Gasteiger partial charge in [-0.1, -0.05) is 17.7 Å². The van der Waals surface area contributed by atoms with E-state index in [0.29, 0.717) is 17.0 Å². The van der Waals surface area contributed by atoms with Gasteiger partial charge < -0.3 is 10.4 Å². The molecule has 0 radical (unpaired) electrons. The number of carboxylic acids is 1. The van der Waals surface area contributed by atoms with Crippen LogP contribution in [0.25, 0.3) is 0 Å². The van der Waals surface area contributed by atoms with Crippen LogP contribution in [0.1, 0.15) is 37.0 Å². The molecule has 0 fully saturated rings. The van der Waals surface area contributed by atoms with E-state index >= 15 is 0 Å². The smallest absolute Gasteiger partial charge is 0.303 e. The van der Waals surface area contributed by atoms with Crippen LogP contribution in [0, 0.1) is 0 Å². The van der Waals surface area contributed by atoms with Crippen LogP contribution >= 0.6 is 11.6 Å². The second-order valence-corrected chi connectivity index (χ2v) is 5.18. The molecule has 2 N–H and O–H groups in total. The zero-order chi connectivity index (χ0) is 13.8. The van der Waals surface area contributed by atoms with Crippen LogP contribution in [0.5, 0.6) is 0 Å². The average molecular weight is 270 g/mol. The van der Waals surface area contributed by atoms with Crippen molar-refractivity contribution in [2.45, 2.75) is 32.2 Å².